The fourth-order valence-electron chi connectivity index (χ4n) is 3.30. The van der Waals surface area contributed by atoms with Gasteiger partial charge < -0.3 is 15.9 Å². The molecule has 3 aromatic rings. The lowest BCUT2D eigenvalue weighted by Gasteiger charge is -2.22. The zero-order chi connectivity index (χ0) is 18.4. The Morgan fingerprint density at radius 2 is 2.04 bits per heavy atom. The van der Waals surface area contributed by atoms with Crippen molar-refractivity contribution in [1.82, 2.24) is 9.78 Å². The summed E-state index contributed by atoms with van der Waals surface area (Å²) >= 11 is 12.2. The summed E-state index contributed by atoms with van der Waals surface area (Å²) in [6.07, 6.45) is 2.65. The lowest BCUT2D eigenvalue weighted by molar-refractivity contribution is 0.0993. The van der Waals surface area contributed by atoms with Gasteiger partial charge in [-0.3, -0.25) is 4.79 Å². The van der Waals surface area contributed by atoms with E-state index in [4.69, 9.17) is 39.1 Å². The summed E-state index contributed by atoms with van der Waals surface area (Å²) in [7, 11) is 0. The molecule has 0 aliphatic heterocycles. The highest BCUT2D eigenvalue weighted by molar-refractivity contribution is 6.36. The predicted molar refractivity (Wildman–Crippen MR) is 99.8 cm³/mol. The highest BCUT2D eigenvalue weighted by Crippen LogP contribution is 2.34. The fourth-order valence-corrected chi connectivity index (χ4v) is 3.75. The second kappa shape index (κ2) is 6.46. The molecule has 0 spiro atoms. The molecular weight excluding hydrogens is 375 g/mol. The van der Waals surface area contributed by atoms with Crippen LogP contribution in [0.1, 0.15) is 28.0 Å². The lowest BCUT2D eigenvalue weighted by Crippen LogP contribution is -2.28. The van der Waals surface area contributed by atoms with Crippen LogP contribution >= 0.6 is 23.2 Å². The van der Waals surface area contributed by atoms with Crippen LogP contribution in [0, 0.1) is 0 Å². The molecule has 4 N–H and O–H groups in total. The van der Waals surface area contributed by atoms with Gasteiger partial charge in [0.15, 0.2) is 16.7 Å². The van der Waals surface area contributed by atoms with Gasteiger partial charge in [-0.15, -0.1) is 0 Å². The Balaban J connectivity index is 1.85. The van der Waals surface area contributed by atoms with E-state index in [1.807, 2.05) is 18.2 Å². The minimum Gasteiger partial charge on any atom is -0.443 e. The van der Waals surface area contributed by atoms with Crippen molar-refractivity contribution < 1.29 is 9.21 Å². The summed E-state index contributed by atoms with van der Waals surface area (Å²) in [5, 5.41) is 4.79. The van der Waals surface area contributed by atoms with Crippen LogP contribution in [0.15, 0.2) is 34.7 Å². The molecule has 134 valence electrons. The number of benzene rings is 1. The lowest BCUT2D eigenvalue weighted by atomic mass is 9.88. The summed E-state index contributed by atoms with van der Waals surface area (Å²) in [6.45, 7) is 0. The smallest absolute Gasteiger partial charge is 0.269 e. The number of primary amides is 1. The molecule has 4 rings (SSSR count). The van der Waals surface area contributed by atoms with Gasteiger partial charge in [0.25, 0.3) is 5.91 Å². The molecule has 0 unspecified atom stereocenters. The number of amides is 1. The second-order valence-electron chi connectivity index (χ2n) is 6.35. The number of nitrogens with zero attached hydrogens (tertiary/aromatic N) is 2. The average molecular weight is 391 g/mol. The van der Waals surface area contributed by atoms with Crippen molar-refractivity contribution in [2.75, 3.05) is 0 Å². The highest BCUT2D eigenvalue weighted by atomic mass is 35.5. The SMILES string of the molecule is NC(=O)c1c(Cl)c(-c2ccc(Cl)o2)nn1-c1ccc2c(c1)CC[C@H](N)C2. The maximum Gasteiger partial charge on any atom is 0.269 e. The number of carbonyl (C=O) groups is 1. The molecule has 0 fully saturated rings. The first-order valence-electron chi connectivity index (χ1n) is 8.16. The first-order chi connectivity index (χ1) is 12.4. The number of rotatable bonds is 3. The molecule has 0 bridgehead atoms. The molecule has 2 aromatic heterocycles. The van der Waals surface area contributed by atoms with Crippen molar-refractivity contribution in [3.63, 3.8) is 0 Å². The van der Waals surface area contributed by atoms with Crippen LogP contribution in [0.3, 0.4) is 0 Å². The van der Waals surface area contributed by atoms with Crippen molar-refractivity contribution >= 4 is 29.1 Å². The fraction of sp³-hybridized carbons (Fsp3) is 0.222. The number of halogens is 2. The van der Waals surface area contributed by atoms with Crippen molar-refractivity contribution in [2.45, 2.75) is 25.3 Å². The highest BCUT2D eigenvalue weighted by Gasteiger charge is 2.25. The Hall–Kier alpha value is -2.28. The normalized spacial score (nSPS) is 16.5. The number of fused-ring (bicyclic) bond motifs is 1. The number of carbonyl (C=O) groups excluding carboxylic acids is 1. The zero-order valence-corrected chi connectivity index (χ0v) is 15.2. The van der Waals surface area contributed by atoms with Crippen LogP contribution in [-0.4, -0.2) is 21.7 Å². The van der Waals surface area contributed by atoms with Crippen molar-refractivity contribution in [2.24, 2.45) is 11.5 Å². The first kappa shape index (κ1) is 17.1. The average Bonchev–Trinajstić information content (AvgIpc) is 3.17. The number of aromatic nitrogens is 2. The molecule has 0 radical (unpaired) electrons. The monoisotopic (exact) mass is 390 g/mol. The van der Waals surface area contributed by atoms with Gasteiger partial charge in [0.2, 0.25) is 0 Å². The number of aryl methyl sites for hydroxylation is 1. The van der Waals surface area contributed by atoms with E-state index in [1.54, 1.807) is 12.1 Å². The summed E-state index contributed by atoms with van der Waals surface area (Å²) in [6, 6.07) is 9.29. The quantitative estimate of drug-likeness (QED) is 0.715. The van der Waals surface area contributed by atoms with Gasteiger partial charge in [-0.05, 0) is 66.3 Å². The number of hydrogen-bond acceptors (Lipinski definition) is 4. The van der Waals surface area contributed by atoms with Crippen LogP contribution in [0.25, 0.3) is 17.1 Å². The van der Waals surface area contributed by atoms with Crippen molar-refractivity contribution in [3.8, 4) is 17.1 Å². The molecule has 0 saturated carbocycles. The largest absolute Gasteiger partial charge is 0.443 e. The van der Waals surface area contributed by atoms with Crippen molar-refractivity contribution in [3.05, 3.63) is 57.4 Å². The Morgan fingerprint density at radius 1 is 1.23 bits per heavy atom. The van der Waals surface area contributed by atoms with Crippen LogP contribution in [-0.2, 0) is 12.8 Å². The molecular formula is C18H16Cl2N4O2. The maximum atomic E-state index is 12.0. The van der Waals surface area contributed by atoms with Gasteiger partial charge in [0.05, 0.1) is 5.69 Å². The summed E-state index contributed by atoms with van der Waals surface area (Å²) < 4.78 is 6.83. The number of hydrogen-bond donors (Lipinski definition) is 2. The minimum atomic E-state index is -0.675. The third-order valence-electron chi connectivity index (χ3n) is 4.57. The van der Waals surface area contributed by atoms with E-state index >= 15 is 0 Å². The minimum absolute atomic E-state index is 0.0987. The van der Waals surface area contributed by atoms with E-state index in [1.165, 1.54) is 15.8 Å². The van der Waals surface area contributed by atoms with Crippen LogP contribution < -0.4 is 11.5 Å². The molecule has 8 heteroatoms. The Bertz CT molecular complexity index is 1010. The molecule has 2 heterocycles. The van der Waals surface area contributed by atoms with E-state index in [-0.39, 0.29) is 22.0 Å². The molecule has 1 aliphatic rings. The second-order valence-corrected chi connectivity index (χ2v) is 7.10. The molecule has 1 atom stereocenters. The standard InChI is InChI=1S/C18H16Cl2N4O2/c19-14-6-5-13(26-14)16-15(20)17(18(22)25)24(23-16)12-4-2-9-7-11(21)3-1-10(9)8-12/h2,4-6,8,11H,1,3,7,21H2,(H2,22,25)/t11-/m0/s1. The molecule has 0 saturated heterocycles. The summed E-state index contributed by atoms with van der Waals surface area (Å²) in [4.78, 5) is 12.0. The van der Waals surface area contributed by atoms with Gasteiger partial charge in [-0.2, -0.15) is 5.10 Å². The third-order valence-corrected chi connectivity index (χ3v) is 5.13. The Kier molecular flexibility index (Phi) is 4.26. The predicted octanol–water partition coefficient (Wildman–Crippen LogP) is 3.35. The molecule has 6 nitrogen and oxygen atoms in total. The van der Waals surface area contributed by atoms with E-state index in [0.29, 0.717) is 17.1 Å². The zero-order valence-electron chi connectivity index (χ0n) is 13.7. The van der Waals surface area contributed by atoms with Gasteiger partial charge in [0, 0.05) is 6.04 Å². The van der Waals surface area contributed by atoms with Gasteiger partial charge in [0.1, 0.15) is 10.7 Å². The maximum absolute atomic E-state index is 12.0. The topological polar surface area (TPSA) is 100 Å². The van der Waals surface area contributed by atoms with Gasteiger partial charge in [-0.1, -0.05) is 17.7 Å². The van der Waals surface area contributed by atoms with Crippen LogP contribution in [0.2, 0.25) is 10.2 Å². The van der Waals surface area contributed by atoms with Gasteiger partial charge >= 0.3 is 0 Å². The van der Waals surface area contributed by atoms with Crippen LogP contribution in [0.5, 0.6) is 0 Å². The van der Waals surface area contributed by atoms with Gasteiger partial charge in [-0.25, -0.2) is 4.68 Å². The molecule has 1 aliphatic carbocycles. The number of furan rings is 1. The summed E-state index contributed by atoms with van der Waals surface area (Å²) in [5.41, 5.74) is 15.1. The Labute approximate surface area is 159 Å². The molecule has 1 amide bonds. The van der Waals surface area contributed by atoms with E-state index in [9.17, 15) is 4.79 Å². The first-order valence-corrected chi connectivity index (χ1v) is 8.91. The molecule has 26 heavy (non-hydrogen) atoms. The van der Waals surface area contributed by atoms with E-state index in [2.05, 4.69) is 5.10 Å². The molecule has 1 aromatic carbocycles. The number of nitrogens with two attached hydrogens (primary N) is 2. The van der Waals surface area contributed by atoms with Crippen molar-refractivity contribution in [1.29, 1.82) is 0 Å². The van der Waals surface area contributed by atoms with E-state index in [0.717, 1.165) is 19.3 Å². The van der Waals surface area contributed by atoms with E-state index < -0.39 is 5.91 Å². The van der Waals surface area contributed by atoms with Crippen LogP contribution in [0.4, 0.5) is 0 Å². The Morgan fingerprint density at radius 3 is 2.73 bits per heavy atom. The third kappa shape index (κ3) is 2.90. The summed E-state index contributed by atoms with van der Waals surface area (Å²) in [5.74, 6) is -0.309.